The van der Waals surface area contributed by atoms with Crippen molar-refractivity contribution in [2.45, 2.75) is 65.2 Å². The van der Waals surface area contributed by atoms with Gasteiger partial charge in [-0.1, -0.05) is 39.5 Å². The molecule has 0 saturated heterocycles. The third kappa shape index (κ3) is 1.64. The Morgan fingerprint density at radius 2 is 1.50 bits per heavy atom. The SMILES string of the molecule is CCCC1CC2C3CC(CCC)C(C3)C2C1. The summed E-state index contributed by atoms with van der Waals surface area (Å²) in [6.07, 6.45) is 12.3. The van der Waals surface area contributed by atoms with Gasteiger partial charge in [-0.05, 0) is 61.2 Å². The molecule has 2 bridgehead atoms. The van der Waals surface area contributed by atoms with Crippen LogP contribution in [0.5, 0.6) is 0 Å². The van der Waals surface area contributed by atoms with Crippen LogP contribution in [0.25, 0.3) is 0 Å². The molecule has 92 valence electrons. The molecule has 0 heteroatoms. The molecule has 0 heterocycles. The van der Waals surface area contributed by atoms with Crippen molar-refractivity contribution in [2.75, 3.05) is 0 Å². The molecule has 3 aliphatic rings. The van der Waals surface area contributed by atoms with Crippen molar-refractivity contribution in [3.05, 3.63) is 0 Å². The van der Waals surface area contributed by atoms with E-state index in [1.165, 1.54) is 37.5 Å². The maximum absolute atomic E-state index is 2.37. The lowest BCUT2D eigenvalue weighted by molar-refractivity contribution is 0.180. The van der Waals surface area contributed by atoms with Gasteiger partial charge >= 0.3 is 0 Å². The quantitative estimate of drug-likeness (QED) is 0.633. The van der Waals surface area contributed by atoms with E-state index in [0.29, 0.717) is 0 Å². The highest BCUT2D eigenvalue weighted by molar-refractivity contribution is 5.04. The maximum Gasteiger partial charge on any atom is -0.0349 e. The van der Waals surface area contributed by atoms with Crippen LogP contribution in [0.15, 0.2) is 0 Å². The molecule has 3 rings (SSSR count). The van der Waals surface area contributed by atoms with Crippen molar-refractivity contribution in [3.8, 4) is 0 Å². The second-order valence-corrected chi connectivity index (χ2v) is 6.90. The first-order chi connectivity index (χ1) is 7.83. The molecule has 3 aliphatic carbocycles. The summed E-state index contributed by atoms with van der Waals surface area (Å²) in [5, 5.41) is 0. The molecular weight excluding hydrogens is 192 g/mol. The first-order valence-electron chi connectivity index (χ1n) is 7.83. The number of fused-ring (bicyclic) bond motifs is 5. The molecule has 16 heavy (non-hydrogen) atoms. The van der Waals surface area contributed by atoms with E-state index in [1.54, 1.807) is 25.7 Å². The highest BCUT2D eigenvalue weighted by Crippen LogP contribution is 2.63. The zero-order valence-corrected chi connectivity index (χ0v) is 11.1. The van der Waals surface area contributed by atoms with Crippen molar-refractivity contribution in [1.29, 1.82) is 0 Å². The van der Waals surface area contributed by atoms with Crippen LogP contribution in [-0.4, -0.2) is 0 Å². The second-order valence-electron chi connectivity index (χ2n) is 6.90. The maximum atomic E-state index is 2.37. The van der Waals surface area contributed by atoms with E-state index in [2.05, 4.69) is 13.8 Å². The van der Waals surface area contributed by atoms with Crippen LogP contribution >= 0.6 is 0 Å². The van der Waals surface area contributed by atoms with Gasteiger partial charge in [0.2, 0.25) is 0 Å². The highest BCUT2D eigenvalue weighted by atomic mass is 14.6. The minimum absolute atomic E-state index is 1.12. The molecule has 0 radical (unpaired) electrons. The molecule has 0 aromatic rings. The van der Waals surface area contributed by atoms with Gasteiger partial charge in [-0.15, -0.1) is 0 Å². The summed E-state index contributed by atoms with van der Waals surface area (Å²) in [6.45, 7) is 4.74. The molecule has 6 atom stereocenters. The van der Waals surface area contributed by atoms with Gasteiger partial charge in [0.15, 0.2) is 0 Å². The lowest BCUT2D eigenvalue weighted by Gasteiger charge is -2.31. The Balaban J connectivity index is 1.65. The predicted octanol–water partition coefficient (Wildman–Crippen LogP) is 4.89. The molecule has 3 fully saturated rings. The lowest BCUT2D eigenvalue weighted by Crippen LogP contribution is -2.24. The summed E-state index contributed by atoms with van der Waals surface area (Å²) in [5.41, 5.74) is 0. The van der Waals surface area contributed by atoms with E-state index in [-0.39, 0.29) is 0 Å². The Kier molecular flexibility index (Phi) is 3.02. The third-order valence-electron chi connectivity index (χ3n) is 6.06. The summed E-state index contributed by atoms with van der Waals surface area (Å²) in [5.74, 6) is 6.93. The van der Waals surface area contributed by atoms with Crippen molar-refractivity contribution in [2.24, 2.45) is 35.5 Å². The van der Waals surface area contributed by atoms with Crippen molar-refractivity contribution < 1.29 is 0 Å². The lowest BCUT2D eigenvalue weighted by atomic mass is 9.74. The van der Waals surface area contributed by atoms with Gasteiger partial charge in [-0.25, -0.2) is 0 Å². The zero-order chi connectivity index (χ0) is 11.1. The van der Waals surface area contributed by atoms with E-state index in [9.17, 15) is 0 Å². The van der Waals surface area contributed by atoms with Gasteiger partial charge in [-0.3, -0.25) is 0 Å². The molecular formula is C16H28. The Hall–Kier alpha value is 0. The van der Waals surface area contributed by atoms with Crippen LogP contribution in [0.3, 0.4) is 0 Å². The summed E-state index contributed by atoms with van der Waals surface area (Å²) >= 11 is 0. The standard InChI is InChI=1S/C16H28/c1-3-5-11-7-14-13-9-12(6-4-2)15(10-13)16(14)8-11/h11-16H,3-10H2,1-2H3. The van der Waals surface area contributed by atoms with Gasteiger partial charge in [0.1, 0.15) is 0 Å². The minimum atomic E-state index is 1.12. The van der Waals surface area contributed by atoms with Crippen LogP contribution in [0.2, 0.25) is 0 Å². The molecule has 0 amide bonds. The zero-order valence-electron chi connectivity index (χ0n) is 11.1. The van der Waals surface area contributed by atoms with E-state index in [4.69, 9.17) is 0 Å². The monoisotopic (exact) mass is 220 g/mol. The first kappa shape index (κ1) is 11.1. The van der Waals surface area contributed by atoms with Crippen molar-refractivity contribution >= 4 is 0 Å². The van der Waals surface area contributed by atoms with E-state index < -0.39 is 0 Å². The van der Waals surface area contributed by atoms with Gasteiger partial charge in [0.25, 0.3) is 0 Å². The molecule has 3 saturated carbocycles. The number of rotatable bonds is 4. The minimum Gasteiger partial charge on any atom is -0.0654 e. The summed E-state index contributed by atoms with van der Waals surface area (Å²) in [6, 6.07) is 0. The Labute approximate surface area is 101 Å². The van der Waals surface area contributed by atoms with Gasteiger partial charge in [-0.2, -0.15) is 0 Å². The van der Waals surface area contributed by atoms with E-state index >= 15 is 0 Å². The van der Waals surface area contributed by atoms with Crippen molar-refractivity contribution in [3.63, 3.8) is 0 Å². The fourth-order valence-electron chi connectivity index (χ4n) is 5.67. The van der Waals surface area contributed by atoms with Crippen LogP contribution < -0.4 is 0 Å². The summed E-state index contributed by atoms with van der Waals surface area (Å²) in [4.78, 5) is 0. The average Bonchev–Trinajstić information content (AvgIpc) is 2.88. The molecule has 0 aromatic heterocycles. The number of hydrogen-bond acceptors (Lipinski definition) is 0. The topological polar surface area (TPSA) is 0 Å². The number of hydrogen-bond donors (Lipinski definition) is 0. The second kappa shape index (κ2) is 4.35. The van der Waals surface area contributed by atoms with Crippen LogP contribution in [-0.2, 0) is 0 Å². The Morgan fingerprint density at radius 1 is 0.750 bits per heavy atom. The molecule has 0 nitrogen and oxygen atoms in total. The Morgan fingerprint density at radius 3 is 2.25 bits per heavy atom. The van der Waals surface area contributed by atoms with Gasteiger partial charge < -0.3 is 0 Å². The van der Waals surface area contributed by atoms with E-state index in [1.807, 2.05) is 0 Å². The van der Waals surface area contributed by atoms with Gasteiger partial charge in [0, 0.05) is 0 Å². The van der Waals surface area contributed by atoms with Gasteiger partial charge in [0.05, 0.1) is 0 Å². The molecule has 0 spiro atoms. The fraction of sp³-hybridized carbons (Fsp3) is 1.00. The third-order valence-corrected chi connectivity index (χ3v) is 6.06. The molecule has 0 aliphatic heterocycles. The fourth-order valence-corrected chi connectivity index (χ4v) is 5.67. The van der Waals surface area contributed by atoms with Crippen LogP contribution in [0.4, 0.5) is 0 Å². The van der Waals surface area contributed by atoms with Crippen LogP contribution in [0.1, 0.15) is 65.2 Å². The van der Waals surface area contributed by atoms with Crippen LogP contribution in [0, 0.1) is 35.5 Å². The van der Waals surface area contributed by atoms with Crippen molar-refractivity contribution in [1.82, 2.24) is 0 Å². The highest BCUT2D eigenvalue weighted by Gasteiger charge is 2.54. The average molecular weight is 220 g/mol. The Bertz CT molecular complexity index is 244. The molecule has 0 N–H and O–H groups in total. The predicted molar refractivity (Wildman–Crippen MR) is 69.2 cm³/mol. The normalized spacial score (nSPS) is 49.9. The summed E-state index contributed by atoms with van der Waals surface area (Å²) < 4.78 is 0. The summed E-state index contributed by atoms with van der Waals surface area (Å²) in [7, 11) is 0. The largest absolute Gasteiger partial charge is 0.0654 e. The molecule has 0 aromatic carbocycles. The molecule has 6 unspecified atom stereocenters. The van der Waals surface area contributed by atoms with E-state index in [0.717, 1.165) is 23.7 Å². The smallest absolute Gasteiger partial charge is 0.0349 e. The first-order valence-corrected chi connectivity index (χ1v) is 7.83.